The van der Waals surface area contributed by atoms with Crippen molar-refractivity contribution in [2.45, 2.75) is 32.4 Å². The number of carboxylic acid groups (broad SMARTS) is 1. The van der Waals surface area contributed by atoms with Crippen LogP contribution < -0.4 is 4.90 Å². The molecule has 0 radical (unpaired) electrons. The van der Waals surface area contributed by atoms with Crippen LogP contribution in [0.25, 0.3) is 0 Å². The molecule has 2 unspecified atom stereocenters. The van der Waals surface area contributed by atoms with Crippen LogP contribution in [0.4, 0.5) is 5.82 Å². The van der Waals surface area contributed by atoms with Crippen molar-refractivity contribution in [1.82, 2.24) is 10.2 Å². The second kappa shape index (κ2) is 5.43. The minimum atomic E-state index is -0.950. The zero-order valence-electron chi connectivity index (χ0n) is 11.6. The summed E-state index contributed by atoms with van der Waals surface area (Å²) >= 11 is 0. The minimum Gasteiger partial charge on any atom is -0.480 e. The highest BCUT2D eigenvalue weighted by Gasteiger charge is 2.39. The molecule has 2 atom stereocenters. The van der Waals surface area contributed by atoms with E-state index in [1.165, 1.54) is 0 Å². The van der Waals surface area contributed by atoms with Gasteiger partial charge in [-0.15, -0.1) is 5.10 Å². The van der Waals surface area contributed by atoms with E-state index >= 15 is 0 Å². The molecular formula is C13H16N4O3. The van der Waals surface area contributed by atoms with Crippen LogP contribution in [-0.4, -0.2) is 47.1 Å². The molecule has 7 nitrogen and oxygen atoms in total. The molecule has 106 valence electrons. The van der Waals surface area contributed by atoms with Gasteiger partial charge in [0.1, 0.15) is 17.7 Å². The second-order valence-corrected chi connectivity index (χ2v) is 4.82. The molecule has 2 heterocycles. The third-order valence-corrected chi connectivity index (χ3v) is 3.70. The number of aliphatic carboxylic acids is 1. The molecule has 1 aromatic heterocycles. The molecule has 0 amide bonds. The number of nitrogens with zero attached hydrogens (tertiary/aromatic N) is 4. The summed E-state index contributed by atoms with van der Waals surface area (Å²) in [6.45, 7) is 3.94. The van der Waals surface area contributed by atoms with Gasteiger partial charge in [0, 0.05) is 20.1 Å². The Labute approximate surface area is 116 Å². The number of rotatable bonds is 3. The molecule has 2 rings (SSSR count). The molecule has 1 fully saturated rings. The molecule has 1 aromatic rings. The van der Waals surface area contributed by atoms with E-state index in [2.05, 4.69) is 16.3 Å². The molecule has 1 aliphatic heterocycles. The number of aromatic nitrogens is 2. The van der Waals surface area contributed by atoms with Crippen molar-refractivity contribution in [3.05, 3.63) is 16.8 Å². The zero-order chi connectivity index (χ0) is 14.9. The zero-order valence-corrected chi connectivity index (χ0v) is 11.6. The molecular weight excluding hydrogens is 260 g/mol. The molecule has 0 saturated carbocycles. The van der Waals surface area contributed by atoms with E-state index in [4.69, 9.17) is 4.74 Å². The first-order valence-corrected chi connectivity index (χ1v) is 6.25. The maximum absolute atomic E-state index is 11.4. The predicted octanol–water partition coefficient (Wildman–Crippen LogP) is 0.643. The Balaban J connectivity index is 2.47. The summed E-state index contributed by atoms with van der Waals surface area (Å²) in [5.41, 5.74) is 1.77. The SMILES string of the molecule is COC1CC(C(=O)O)N(c2nnc(C)c(C)c2C#N)C1. The number of aryl methyl sites for hydroxylation is 1. The van der Waals surface area contributed by atoms with E-state index < -0.39 is 12.0 Å². The van der Waals surface area contributed by atoms with Gasteiger partial charge in [-0.25, -0.2) is 4.79 Å². The lowest BCUT2D eigenvalue weighted by atomic mass is 10.1. The molecule has 1 saturated heterocycles. The van der Waals surface area contributed by atoms with Gasteiger partial charge in [-0.1, -0.05) is 0 Å². The molecule has 0 aromatic carbocycles. The molecule has 0 spiro atoms. The van der Waals surface area contributed by atoms with Gasteiger partial charge in [0.2, 0.25) is 0 Å². The number of nitriles is 1. The largest absolute Gasteiger partial charge is 0.480 e. The Morgan fingerprint density at radius 3 is 2.75 bits per heavy atom. The summed E-state index contributed by atoms with van der Waals surface area (Å²) in [5, 5.41) is 26.7. The van der Waals surface area contributed by atoms with Gasteiger partial charge in [0.25, 0.3) is 0 Å². The van der Waals surface area contributed by atoms with Crippen LogP contribution >= 0.6 is 0 Å². The van der Waals surface area contributed by atoms with Gasteiger partial charge in [0.05, 0.1) is 11.8 Å². The normalized spacial score (nSPS) is 21.8. The van der Waals surface area contributed by atoms with Gasteiger partial charge in [-0.3, -0.25) is 0 Å². The fraction of sp³-hybridized carbons (Fsp3) is 0.538. The molecule has 0 bridgehead atoms. The number of anilines is 1. The Kier molecular flexibility index (Phi) is 3.86. The summed E-state index contributed by atoms with van der Waals surface area (Å²) in [4.78, 5) is 13.0. The summed E-state index contributed by atoms with van der Waals surface area (Å²) in [5.74, 6) is -0.629. The van der Waals surface area contributed by atoms with Gasteiger partial charge in [-0.2, -0.15) is 10.4 Å². The fourth-order valence-corrected chi connectivity index (χ4v) is 2.37. The number of hydrogen-bond donors (Lipinski definition) is 1. The standard InChI is InChI=1S/C13H16N4O3/c1-7-8(2)15-16-12(10(7)5-14)17-6-9(20-3)4-11(17)13(18)19/h9,11H,4,6H2,1-3H3,(H,18,19). The lowest BCUT2D eigenvalue weighted by molar-refractivity contribution is -0.138. The highest BCUT2D eigenvalue weighted by atomic mass is 16.5. The van der Waals surface area contributed by atoms with Gasteiger partial charge >= 0.3 is 5.97 Å². The lowest BCUT2D eigenvalue weighted by Gasteiger charge is -2.23. The quantitative estimate of drug-likeness (QED) is 0.864. The topological polar surface area (TPSA) is 99.3 Å². The number of ether oxygens (including phenoxy) is 1. The molecule has 1 aliphatic rings. The van der Waals surface area contributed by atoms with Crippen molar-refractivity contribution in [2.24, 2.45) is 0 Å². The molecule has 1 N–H and O–H groups in total. The summed E-state index contributed by atoms with van der Waals surface area (Å²) in [7, 11) is 1.55. The van der Waals surface area contributed by atoms with Gasteiger partial charge in [-0.05, 0) is 19.4 Å². The average Bonchev–Trinajstić information content (AvgIpc) is 2.86. The van der Waals surface area contributed by atoms with E-state index in [0.717, 1.165) is 5.56 Å². The van der Waals surface area contributed by atoms with Crippen LogP contribution in [0.3, 0.4) is 0 Å². The molecule has 7 heteroatoms. The first-order chi connectivity index (χ1) is 9.49. The van der Waals surface area contributed by atoms with Crippen molar-refractivity contribution in [2.75, 3.05) is 18.6 Å². The molecule has 20 heavy (non-hydrogen) atoms. The second-order valence-electron chi connectivity index (χ2n) is 4.82. The summed E-state index contributed by atoms with van der Waals surface area (Å²) < 4.78 is 5.23. The van der Waals surface area contributed by atoms with Crippen molar-refractivity contribution in [3.63, 3.8) is 0 Å². The van der Waals surface area contributed by atoms with Crippen molar-refractivity contribution in [3.8, 4) is 6.07 Å². The molecule has 0 aliphatic carbocycles. The average molecular weight is 276 g/mol. The number of carbonyl (C=O) groups is 1. The van der Waals surface area contributed by atoms with E-state index in [9.17, 15) is 15.2 Å². The Morgan fingerprint density at radius 2 is 2.20 bits per heavy atom. The highest BCUT2D eigenvalue weighted by molar-refractivity contribution is 5.79. The summed E-state index contributed by atoms with van der Waals surface area (Å²) in [6.07, 6.45) is 0.178. The van der Waals surface area contributed by atoms with Crippen LogP contribution in [0, 0.1) is 25.2 Å². The predicted molar refractivity (Wildman–Crippen MR) is 70.4 cm³/mol. The van der Waals surface area contributed by atoms with E-state index in [0.29, 0.717) is 30.0 Å². The van der Waals surface area contributed by atoms with Crippen LogP contribution in [0.15, 0.2) is 0 Å². The van der Waals surface area contributed by atoms with Crippen LogP contribution in [-0.2, 0) is 9.53 Å². The van der Waals surface area contributed by atoms with E-state index in [-0.39, 0.29) is 6.10 Å². The van der Waals surface area contributed by atoms with Crippen molar-refractivity contribution in [1.29, 1.82) is 5.26 Å². The summed E-state index contributed by atoms with van der Waals surface area (Å²) in [6, 6.07) is 1.35. The van der Waals surface area contributed by atoms with Gasteiger partial charge in [0.15, 0.2) is 5.82 Å². The third kappa shape index (κ3) is 2.30. The Bertz CT molecular complexity index is 582. The van der Waals surface area contributed by atoms with Crippen molar-refractivity contribution < 1.29 is 14.6 Å². The van der Waals surface area contributed by atoms with Gasteiger partial charge < -0.3 is 14.7 Å². The third-order valence-electron chi connectivity index (χ3n) is 3.70. The van der Waals surface area contributed by atoms with E-state index in [1.807, 2.05) is 0 Å². The van der Waals surface area contributed by atoms with Crippen LogP contribution in [0.1, 0.15) is 23.2 Å². The maximum atomic E-state index is 11.4. The lowest BCUT2D eigenvalue weighted by Crippen LogP contribution is -2.37. The fourth-order valence-electron chi connectivity index (χ4n) is 2.37. The maximum Gasteiger partial charge on any atom is 0.326 e. The number of hydrogen-bond acceptors (Lipinski definition) is 6. The number of methoxy groups -OCH3 is 1. The monoisotopic (exact) mass is 276 g/mol. The number of carboxylic acids is 1. The first kappa shape index (κ1) is 14.2. The van der Waals surface area contributed by atoms with Crippen LogP contribution in [0.2, 0.25) is 0 Å². The Morgan fingerprint density at radius 1 is 1.50 bits per heavy atom. The smallest absolute Gasteiger partial charge is 0.326 e. The highest BCUT2D eigenvalue weighted by Crippen LogP contribution is 2.29. The van der Waals surface area contributed by atoms with E-state index in [1.54, 1.807) is 25.9 Å². The Hall–Kier alpha value is -2.20. The van der Waals surface area contributed by atoms with Crippen LogP contribution in [0.5, 0.6) is 0 Å². The first-order valence-electron chi connectivity index (χ1n) is 6.25. The minimum absolute atomic E-state index is 0.189. The van der Waals surface area contributed by atoms with Crippen molar-refractivity contribution >= 4 is 11.8 Å².